The van der Waals surface area contributed by atoms with E-state index in [0.717, 1.165) is 32.2 Å². The summed E-state index contributed by atoms with van der Waals surface area (Å²) in [5, 5.41) is 4.73. The number of benzene rings is 1. The Bertz CT molecular complexity index is 1080. The van der Waals surface area contributed by atoms with Crippen LogP contribution in [-0.4, -0.2) is 44.7 Å². The third-order valence-corrected chi connectivity index (χ3v) is 5.84. The molecule has 5 rings (SSSR count). The van der Waals surface area contributed by atoms with Gasteiger partial charge < -0.3 is 20.0 Å². The number of para-hydroxylation sites is 1. The van der Waals surface area contributed by atoms with E-state index in [-0.39, 0.29) is 24.1 Å². The number of morpholine rings is 1. The minimum Gasteiger partial charge on any atom is -0.366 e. The third kappa shape index (κ3) is 3.98. The molecule has 2 fully saturated rings. The molecule has 3 heterocycles. The fourth-order valence-electron chi connectivity index (χ4n) is 4.21. The number of nitrogens with two attached hydrogens (primary N) is 1. The fraction of sp³-hybridized carbons (Fsp3) is 0.500. The maximum atomic E-state index is 12.3. The molecule has 0 radical (unpaired) electrons. The van der Waals surface area contributed by atoms with Crippen molar-refractivity contribution in [1.29, 1.82) is 0 Å². The van der Waals surface area contributed by atoms with Gasteiger partial charge in [0, 0.05) is 13.1 Å². The molecule has 30 heavy (non-hydrogen) atoms. The molecule has 1 aliphatic heterocycles. The van der Waals surface area contributed by atoms with Crippen molar-refractivity contribution < 1.29 is 9.26 Å². The summed E-state index contributed by atoms with van der Waals surface area (Å²) in [4.78, 5) is 26.5. The first kappa shape index (κ1) is 20.9. The second-order valence-electron chi connectivity index (χ2n) is 7.94. The van der Waals surface area contributed by atoms with Crippen molar-refractivity contribution in [2.75, 3.05) is 19.7 Å². The normalized spacial score (nSPS) is 21.6. The molecule has 2 aliphatic rings. The second kappa shape index (κ2) is 8.43. The third-order valence-electron chi connectivity index (χ3n) is 5.84. The molecule has 1 aliphatic carbocycles. The first-order valence-electron chi connectivity index (χ1n) is 10.1. The maximum absolute atomic E-state index is 12.3. The van der Waals surface area contributed by atoms with Crippen LogP contribution in [0.25, 0.3) is 10.9 Å². The number of hydrogen-bond donors (Lipinski definition) is 2. The van der Waals surface area contributed by atoms with Gasteiger partial charge in [0.05, 0.1) is 29.6 Å². The molecule has 10 heteroatoms. The van der Waals surface area contributed by atoms with Crippen LogP contribution in [-0.2, 0) is 16.8 Å². The highest BCUT2D eigenvalue weighted by Gasteiger charge is 2.37. The van der Waals surface area contributed by atoms with Crippen LogP contribution in [0.3, 0.4) is 0 Å². The molecule has 1 saturated carbocycles. The Morgan fingerprint density at radius 2 is 2.03 bits per heavy atom. The highest BCUT2D eigenvalue weighted by atomic mass is 35.5. The lowest BCUT2D eigenvalue weighted by molar-refractivity contribution is -0.0481. The Balaban J connectivity index is 0.00000218. The summed E-state index contributed by atoms with van der Waals surface area (Å²) in [5.41, 5.74) is 6.53. The molecule has 3 aromatic rings. The number of aromatic nitrogens is 4. The number of fused-ring (bicyclic) bond motifs is 1. The number of nitrogens with one attached hydrogen (secondary N) is 1. The Labute approximate surface area is 179 Å². The van der Waals surface area contributed by atoms with E-state index in [1.54, 1.807) is 6.07 Å². The van der Waals surface area contributed by atoms with E-state index < -0.39 is 5.54 Å². The SMILES string of the molecule is Cl.NC1(c2noc(C3CN(Cc4nc5ccccc5c(=O)[nH]4)CCO3)n2)CCCC1. The van der Waals surface area contributed by atoms with Crippen LogP contribution in [0.1, 0.15) is 49.3 Å². The summed E-state index contributed by atoms with van der Waals surface area (Å²) < 4.78 is 11.4. The molecule has 160 valence electrons. The van der Waals surface area contributed by atoms with E-state index in [1.807, 2.05) is 18.2 Å². The van der Waals surface area contributed by atoms with Crippen molar-refractivity contribution in [3.8, 4) is 0 Å². The largest absolute Gasteiger partial charge is 0.366 e. The topological polar surface area (TPSA) is 123 Å². The number of nitrogens with zero attached hydrogens (tertiary/aromatic N) is 4. The Hall–Kier alpha value is -2.33. The van der Waals surface area contributed by atoms with Crippen molar-refractivity contribution in [3.05, 3.63) is 52.2 Å². The smallest absolute Gasteiger partial charge is 0.258 e. The highest BCUT2D eigenvalue weighted by molar-refractivity contribution is 5.85. The van der Waals surface area contributed by atoms with Crippen molar-refractivity contribution in [2.24, 2.45) is 5.73 Å². The zero-order chi connectivity index (χ0) is 19.8. The molecule has 0 bridgehead atoms. The van der Waals surface area contributed by atoms with E-state index in [0.29, 0.717) is 48.1 Å². The maximum Gasteiger partial charge on any atom is 0.258 e. The summed E-state index contributed by atoms with van der Waals surface area (Å²) >= 11 is 0. The standard InChI is InChI=1S/C20H24N6O3.ClH/c21-20(7-3-4-8-20)19-24-18(29-25-19)15-11-26(9-10-28-15)12-16-22-14-6-2-1-5-13(14)17(27)23-16;/h1-2,5-6,15H,3-4,7-12,21H2,(H,22,23,27);1H. The summed E-state index contributed by atoms with van der Waals surface area (Å²) in [5.74, 6) is 1.67. The molecular formula is C20H25ClN6O3. The van der Waals surface area contributed by atoms with Crippen molar-refractivity contribution in [3.63, 3.8) is 0 Å². The molecular weight excluding hydrogens is 408 g/mol. The number of halogens is 1. The van der Waals surface area contributed by atoms with Gasteiger partial charge in [0.25, 0.3) is 11.4 Å². The van der Waals surface area contributed by atoms with Crippen LogP contribution >= 0.6 is 12.4 Å². The Morgan fingerprint density at radius 3 is 2.87 bits per heavy atom. The minimum atomic E-state index is -0.482. The molecule has 1 saturated heterocycles. The van der Waals surface area contributed by atoms with Crippen molar-refractivity contribution in [2.45, 2.75) is 43.9 Å². The first-order chi connectivity index (χ1) is 14.1. The van der Waals surface area contributed by atoms with Gasteiger partial charge in [0.15, 0.2) is 5.82 Å². The van der Waals surface area contributed by atoms with Crippen LogP contribution in [0, 0.1) is 0 Å². The van der Waals surface area contributed by atoms with E-state index >= 15 is 0 Å². The van der Waals surface area contributed by atoms with Crippen LogP contribution < -0.4 is 11.3 Å². The van der Waals surface area contributed by atoms with Gasteiger partial charge in [-0.15, -0.1) is 12.4 Å². The van der Waals surface area contributed by atoms with E-state index in [9.17, 15) is 4.79 Å². The Morgan fingerprint density at radius 1 is 1.23 bits per heavy atom. The van der Waals surface area contributed by atoms with Gasteiger partial charge in [-0.3, -0.25) is 9.69 Å². The van der Waals surface area contributed by atoms with Crippen LogP contribution in [0.5, 0.6) is 0 Å². The summed E-state index contributed by atoms with van der Waals surface area (Å²) in [6, 6.07) is 7.34. The van der Waals surface area contributed by atoms with Gasteiger partial charge in [-0.2, -0.15) is 4.98 Å². The van der Waals surface area contributed by atoms with Gasteiger partial charge in [-0.1, -0.05) is 30.1 Å². The molecule has 1 atom stereocenters. The van der Waals surface area contributed by atoms with Gasteiger partial charge in [-0.05, 0) is 25.0 Å². The quantitative estimate of drug-likeness (QED) is 0.641. The van der Waals surface area contributed by atoms with Crippen molar-refractivity contribution >= 4 is 23.3 Å². The first-order valence-corrected chi connectivity index (χ1v) is 10.1. The molecule has 2 aromatic heterocycles. The van der Waals surface area contributed by atoms with Gasteiger partial charge in [0.1, 0.15) is 11.9 Å². The molecule has 3 N–H and O–H groups in total. The number of hydrogen-bond acceptors (Lipinski definition) is 8. The summed E-state index contributed by atoms with van der Waals surface area (Å²) in [6.07, 6.45) is 3.62. The fourth-order valence-corrected chi connectivity index (χ4v) is 4.21. The monoisotopic (exact) mass is 432 g/mol. The lowest BCUT2D eigenvalue weighted by Gasteiger charge is -2.30. The molecule has 0 amide bonds. The lowest BCUT2D eigenvalue weighted by Crippen LogP contribution is -2.39. The second-order valence-corrected chi connectivity index (χ2v) is 7.94. The number of aromatic amines is 1. The summed E-state index contributed by atoms with van der Waals surface area (Å²) in [6.45, 7) is 2.36. The molecule has 0 spiro atoms. The lowest BCUT2D eigenvalue weighted by atomic mass is 9.99. The van der Waals surface area contributed by atoms with E-state index in [2.05, 4.69) is 25.0 Å². The number of rotatable bonds is 4. The molecule has 1 aromatic carbocycles. The zero-order valence-corrected chi connectivity index (χ0v) is 17.4. The predicted molar refractivity (Wildman–Crippen MR) is 112 cm³/mol. The highest BCUT2D eigenvalue weighted by Crippen LogP contribution is 2.35. The van der Waals surface area contributed by atoms with Crippen molar-refractivity contribution in [1.82, 2.24) is 25.0 Å². The average molecular weight is 433 g/mol. The van der Waals surface area contributed by atoms with E-state index in [4.69, 9.17) is 15.0 Å². The number of H-pyrrole nitrogens is 1. The molecule has 1 unspecified atom stereocenters. The van der Waals surface area contributed by atoms with Crippen LogP contribution in [0.15, 0.2) is 33.6 Å². The Kier molecular flexibility index (Phi) is 5.88. The predicted octanol–water partition coefficient (Wildman–Crippen LogP) is 2.03. The number of ether oxygens (including phenoxy) is 1. The summed E-state index contributed by atoms with van der Waals surface area (Å²) in [7, 11) is 0. The van der Waals surface area contributed by atoms with Crippen LogP contribution in [0.4, 0.5) is 0 Å². The van der Waals surface area contributed by atoms with Gasteiger partial charge in [0.2, 0.25) is 0 Å². The average Bonchev–Trinajstić information content (AvgIpc) is 3.39. The zero-order valence-electron chi connectivity index (χ0n) is 16.5. The van der Waals surface area contributed by atoms with Crippen LogP contribution in [0.2, 0.25) is 0 Å². The van der Waals surface area contributed by atoms with Gasteiger partial charge >= 0.3 is 0 Å². The van der Waals surface area contributed by atoms with E-state index in [1.165, 1.54) is 0 Å². The minimum absolute atomic E-state index is 0. The van der Waals surface area contributed by atoms with Gasteiger partial charge in [-0.25, -0.2) is 4.98 Å². The molecule has 9 nitrogen and oxygen atoms in total.